The van der Waals surface area contributed by atoms with Gasteiger partial charge in [-0.1, -0.05) is 40.2 Å². The number of fused-ring (bicyclic) bond motifs is 2. The van der Waals surface area contributed by atoms with Crippen LogP contribution >= 0.6 is 0 Å². The van der Waals surface area contributed by atoms with E-state index in [9.17, 15) is 19.8 Å². The van der Waals surface area contributed by atoms with Gasteiger partial charge in [0.15, 0.2) is 0 Å². The number of aryl methyl sites for hydroxylation is 2. The molecule has 2 aliphatic rings. The van der Waals surface area contributed by atoms with E-state index >= 15 is 0 Å². The van der Waals surface area contributed by atoms with E-state index in [4.69, 9.17) is 9.47 Å². The van der Waals surface area contributed by atoms with Crippen molar-refractivity contribution >= 4 is 22.8 Å². The molecule has 8 nitrogen and oxygen atoms in total. The van der Waals surface area contributed by atoms with E-state index in [1.807, 2.05) is 43.7 Å². The summed E-state index contributed by atoms with van der Waals surface area (Å²) in [4.78, 5) is 31.0. The summed E-state index contributed by atoms with van der Waals surface area (Å²) in [5, 5.41) is 21.8. The highest BCUT2D eigenvalue weighted by molar-refractivity contribution is 5.88. The molecule has 1 aromatic carbocycles. The molecule has 204 valence electrons. The topological polar surface area (TPSA) is 114 Å². The Kier molecular flexibility index (Phi) is 7.58. The molecule has 0 amide bonds. The number of ether oxygens (including phenoxy) is 2. The summed E-state index contributed by atoms with van der Waals surface area (Å²) in [5.41, 5.74) is 1.12. The van der Waals surface area contributed by atoms with Gasteiger partial charge in [-0.3, -0.25) is 9.59 Å². The van der Waals surface area contributed by atoms with Crippen LogP contribution in [0.3, 0.4) is 0 Å². The lowest BCUT2D eigenvalue weighted by Gasteiger charge is -2.34. The number of hydrogen-bond acceptors (Lipinski definition) is 7. The van der Waals surface area contributed by atoms with Gasteiger partial charge >= 0.3 is 5.97 Å². The maximum Gasteiger partial charge on any atom is 0.309 e. The lowest BCUT2D eigenvalue weighted by Crippen LogP contribution is -2.45. The van der Waals surface area contributed by atoms with Gasteiger partial charge in [-0.25, -0.2) is 4.98 Å². The van der Waals surface area contributed by atoms with Crippen LogP contribution in [0.15, 0.2) is 18.2 Å². The minimum atomic E-state index is -1.24. The number of epoxide rings is 1. The third kappa shape index (κ3) is 5.47. The van der Waals surface area contributed by atoms with Crippen molar-refractivity contribution in [1.82, 2.24) is 9.55 Å². The fourth-order valence-corrected chi connectivity index (χ4v) is 5.76. The third-order valence-electron chi connectivity index (χ3n) is 8.91. The minimum Gasteiger partial charge on any atom is -0.457 e. The molecule has 8 heteroatoms. The van der Waals surface area contributed by atoms with Crippen LogP contribution in [0.25, 0.3) is 11.0 Å². The van der Waals surface area contributed by atoms with Crippen molar-refractivity contribution < 1.29 is 29.3 Å². The molecule has 1 aromatic heterocycles. The van der Waals surface area contributed by atoms with Crippen LogP contribution in [0.5, 0.6) is 0 Å². The SMILES string of the molecule is Cc1nc2cc(C3CC4O[C@]4(C)CCC[C@H](C)[C@H](O)[C@@H](C)C(=O)C(C)(C)[C@@H](O)CC(=O)O3)ccc2n1C. The highest BCUT2D eigenvalue weighted by Gasteiger charge is 2.53. The standard InChI is InChI=1S/C29H42N2O6/c1-16-9-8-12-29(6)24(37-29)14-22(19-10-11-21-20(13-19)30-18(3)31(21)7)36-25(33)15-23(32)28(4,5)27(35)17(2)26(16)34/h10-11,13,16-17,22-24,26,32,34H,8-9,12,14-15H2,1-7H3/t16-,17+,22?,23-,24?,26-,29+/m0/s1. The van der Waals surface area contributed by atoms with Gasteiger partial charge in [-0.2, -0.15) is 0 Å². The molecular weight excluding hydrogens is 472 g/mol. The van der Waals surface area contributed by atoms with Crippen molar-refractivity contribution in [3.8, 4) is 0 Å². The monoisotopic (exact) mass is 514 g/mol. The predicted molar refractivity (Wildman–Crippen MR) is 140 cm³/mol. The molecule has 0 aliphatic carbocycles. The Balaban J connectivity index is 1.63. The molecule has 4 rings (SSSR count). The van der Waals surface area contributed by atoms with Crippen LogP contribution in [-0.2, 0) is 26.1 Å². The van der Waals surface area contributed by atoms with Crippen LogP contribution in [0.1, 0.15) is 84.2 Å². The molecule has 2 aliphatic heterocycles. The van der Waals surface area contributed by atoms with E-state index in [0.29, 0.717) is 6.42 Å². The highest BCUT2D eigenvalue weighted by atomic mass is 16.6. The number of imidazole rings is 1. The van der Waals surface area contributed by atoms with Crippen molar-refractivity contribution in [2.24, 2.45) is 24.3 Å². The van der Waals surface area contributed by atoms with Gasteiger partial charge in [-0.15, -0.1) is 0 Å². The van der Waals surface area contributed by atoms with Crippen LogP contribution < -0.4 is 0 Å². The summed E-state index contributed by atoms with van der Waals surface area (Å²) in [5.74, 6) is -0.683. The smallest absolute Gasteiger partial charge is 0.309 e. The Morgan fingerprint density at radius 3 is 2.54 bits per heavy atom. The number of carbonyl (C=O) groups excluding carboxylic acids is 2. The average Bonchev–Trinajstić information content (AvgIpc) is 3.38. The Hall–Kier alpha value is -2.29. The first-order valence-corrected chi connectivity index (χ1v) is 13.5. The van der Waals surface area contributed by atoms with E-state index in [1.54, 1.807) is 20.8 Å². The molecule has 2 saturated heterocycles. The number of benzene rings is 1. The van der Waals surface area contributed by atoms with Crippen molar-refractivity contribution in [1.29, 1.82) is 0 Å². The molecule has 7 atom stereocenters. The second kappa shape index (κ2) is 10.1. The third-order valence-corrected chi connectivity index (χ3v) is 8.91. The Morgan fingerprint density at radius 1 is 1.14 bits per heavy atom. The fourth-order valence-electron chi connectivity index (χ4n) is 5.76. The number of aliphatic hydroxyl groups excluding tert-OH is 2. The van der Waals surface area contributed by atoms with Crippen LogP contribution in [0.2, 0.25) is 0 Å². The van der Waals surface area contributed by atoms with Crippen LogP contribution in [-0.4, -0.2) is 55.4 Å². The molecular formula is C29H42N2O6. The number of ketones is 1. The van der Waals surface area contributed by atoms with E-state index in [-0.39, 0.29) is 29.8 Å². The number of carbonyl (C=O) groups is 2. The average molecular weight is 515 g/mol. The molecule has 0 bridgehead atoms. The van der Waals surface area contributed by atoms with Crippen molar-refractivity contribution in [3.05, 3.63) is 29.6 Å². The van der Waals surface area contributed by atoms with Gasteiger partial charge in [0.05, 0.1) is 46.8 Å². The number of nitrogens with zero attached hydrogens (tertiary/aromatic N) is 2. The van der Waals surface area contributed by atoms with Gasteiger partial charge in [0.25, 0.3) is 0 Å². The summed E-state index contributed by atoms with van der Waals surface area (Å²) in [6.45, 7) is 10.9. The summed E-state index contributed by atoms with van der Waals surface area (Å²) < 4.78 is 14.1. The highest BCUT2D eigenvalue weighted by Crippen LogP contribution is 2.46. The van der Waals surface area contributed by atoms with E-state index in [1.165, 1.54) is 0 Å². The van der Waals surface area contributed by atoms with Crippen LogP contribution in [0, 0.1) is 24.2 Å². The van der Waals surface area contributed by atoms with E-state index < -0.39 is 35.6 Å². The maximum absolute atomic E-state index is 13.3. The summed E-state index contributed by atoms with van der Waals surface area (Å²) in [6.07, 6.45) is -0.0873. The number of hydrogen-bond donors (Lipinski definition) is 2. The number of aromatic nitrogens is 2. The van der Waals surface area contributed by atoms with Gasteiger partial charge < -0.3 is 24.3 Å². The number of esters is 1. The molecule has 37 heavy (non-hydrogen) atoms. The second-order valence-electron chi connectivity index (χ2n) is 12.1. The zero-order valence-electron chi connectivity index (χ0n) is 23.2. The van der Waals surface area contributed by atoms with Crippen molar-refractivity contribution in [2.75, 3.05) is 0 Å². The largest absolute Gasteiger partial charge is 0.457 e. The molecule has 0 saturated carbocycles. The molecule has 2 aromatic rings. The second-order valence-corrected chi connectivity index (χ2v) is 12.1. The van der Waals surface area contributed by atoms with Gasteiger partial charge in [0, 0.05) is 19.4 Å². The molecule has 0 spiro atoms. The Labute approximate surface area is 219 Å². The minimum absolute atomic E-state index is 0.0681. The lowest BCUT2D eigenvalue weighted by molar-refractivity contribution is -0.156. The molecule has 2 fully saturated rings. The quantitative estimate of drug-likeness (QED) is 0.433. The van der Waals surface area contributed by atoms with Gasteiger partial charge in [0.1, 0.15) is 17.7 Å². The normalized spacial score (nSPS) is 35.7. The van der Waals surface area contributed by atoms with Gasteiger partial charge in [0.2, 0.25) is 0 Å². The van der Waals surface area contributed by atoms with Crippen molar-refractivity contribution in [3.63, 3.8) is 0 Å². The molecule has 0 radical (unpaired) electrons. The van der Waals surface area contributed by atoms with Crippen molar-refractivity contribution in [2.45, 2.75) is 104 Å². The lowest BCUT2D eigenvalue weighted by atomic mass is 9.73. The first-order valence-electron chi connectivity index (χ1n) is 13.5. The zero-order valence-corrected chi connectivity index (χ0v) is 23.2. The van der Waals surface area contributed by atoms with Gasteiger partial charge in [-0.05, 0) is 50.3 Å². The van der Waals surface area contributed by atoms with E-state index in [0.717, 1.165) is 41.7 Å². The first kappa shape index (κ1) is 27.7. The summed E-state index contributed by atoms with van der Waals surface area (Å²) in [7, 11) is 1.96. The van der Waals surface area contributed by atoms with Crippen LogP contribution in [0.4, 0.5) is 0 Å². The van der Waals surface area contributed by atoms with E-state index in [2.05, 4.69) is 11.9 Å². The molecule has 2 N–H and O–H groups in total. The summed E-state index contributed by atoms with van der Waals surface area (Å²) in [6, 6.07) is 5.89. The zero-order chi connectivity index (χ0) is 27.3. The Bertz CT molecular complexity index is 1170. The number of aliphatic hydroxyl groups is 2. The predicted octanol–water partition coefficient (Wildman–Crippen LogP) is 4.18. The molecule has 3 heterocycles. The number of rotatable bonds is 1. The number of Topliss-reactive ketones (excluding diaryl/α,β-unsaturated/α-hetero) is 1. The Morgan fingerprint density at radius 2 is 1.84 bits per heavy atom. The maximum atomic E-state index is 13.3. The fraction of sp³-hybridized carbons (Fsp3) is 0.690. The first-order chi connectivity index (χ1) is 17.2. The molecule has 2 unspecified atom stereocenters. The summed E-state index contributed by atoms with van der Waals surface area (Å²) >= 11 is 0. The number of cyclic esters (lactones) is 1.